The number of carbonyl (C=O) groups excluding carboxylic acids is 1. The second-order valence-corrected chi connectivity index (χ2v) is 7.09. The third-order valence-corrected chi connectivity index (χ3v) is 4.97. The molecule has 1 aliphatic rings. The van der Waals surface area contributed by atoms with Gasteiger partial charge in [0.2, 0.25) is 0 Å². The molecule has 1 aliphatic heterocycles. The number of hydrogen-bond donors (Lipinski definition) is 2. The van der Waals surface area contributed by atoms with Gasteiger partial charge in [-0.2, -0.15) is 0 Å². The number of benzene rings is 2. The van der Waals surface area contributed by atoms with Gasteiger partial charge < -0.3 is 20.3 Å². The van der Waals surface area contributed by atoms with Gasteiger partial charge in [0, 0.05) is 24.5 Å². The molecule has 27 heavy (non-hydrogen) atoms. The van der Waals surface area contributed by atoms with Crippen LogP contribution in [0.4, 0.5) is 11.4 Å². The largest absolute Gasteiger partial charge is 0.465 e. The van der Waals surface area contributed by atoms with E-state index in [2.05, 4.69) is 46.7 Å². The molecular formula is C21H25N3O2S. The van der Waals surface area contributed by atoms with Crippen molar-refractivity contribution < 1.29 is 9.53 Å². The van der Waals surface area contributed by atoms with Crippen molar-refractivity contribution in [3.8, 4) is 0 Å². The SMILES string of the molecule is COC(=O)c1cccc(NC(=S)NC(C)c2ccc(N3CCCC3)cc2)c1. The summed E-state index contributed by atoms with van der Waals surface area (Å²) in [5, 5.41) is 6.92. The highest BCUT2D eigenvalue weighted by molar-refractivity contribution is 7.80. The lowest BCUT2D eigenvalue weighted by Crippen LogP contribution is -2.31. The van der Waals surface area contributed by atoms with E-state index in [-0.39, 0.29) is 12.0 Å². The van der Waals surface area contributed by atoms with Gasteiger partial charge in [-0.3, -0.25) is 0 Å². The summed E-state index contributed by atoms with van der Waals surface area (Å²) in [6.45, 7) is 4.36. The van der Waals surface area contributed by atoms with Gasteiger partial charge in [-0.25, -0.2) is 4.79 Å². The molecule has 5 nitrogen and oxygen atoms in total. The van der Waals surface area contributed by atoms with E-state index in [1.165, 1.54) is 31.2 Å². The number of anilines is 2. The van der Waals surface area contributed by atoms with Crippen LogP contribution in [0.3, 0.4) is 0 Å². The monoisotopic (exact) mass is 383 g/mol. The first-order chi connectivity index (χ1) is 13.1. The first-order valence-electron chi connectivity index (χ1n) is 9.17. The number of thiocarbonyl (C=S) groups is 1. The highest BCUT2D eigenvalue weighted by Gasteiger charge is 2.13. The molecule has 1 atom stereocenters. The number of ether oxygens (including phenoxy) is 1. The Bertz CT molecular complexity index is 801. The number of methoxy groups -OCH3 is 1. The molecule has 1 saturated heterocycles. The average molecular weight is 384 g/mol. The molecule has 0 bridgehead atoms. The first kappa shape index (κ1) is 19.2. The smallest absolute Gasteiger partial charge is 0.337 e. The minimum Gasteiger partial charge on any atom is -0.465 e. The van der Waals surface area contributed by atoms with Crippen LogP contribution in [0.25, 0.3) is 0 Å². The Kier molecular flexibility index (Phi) is 6.29. The Hall–Kier alpha value is -2.60. The van der Waals surface area contributed by atoms with Crippen molar-refractivity contribution in [2.45, 2.75) is 25.8 Å². The van der Waals surface area contributed by atoms with Crippen molar-refractivity contribution in [2.75, 3.05) is 30.4 Å². The Morgan fingerprint density at radius 3 is 2.52 bits per heavy atom. The van der Waals surface area contributed by atoms with Crippen LogP contribution in [0.2, 0.25) is 0 Å². The second kappa shape index (κ2) is 8.86. The molecule has 2 aromatic carbocycles. The number of hydrogen-bond acceptors (Lipinski definition) is 4. The van der Waals surface area contributed by atoms with Crippen molar-refractivity contribution in [1.29, 1.82) is 0 Å². The summed E-state index contributed by atoms with van der Waals surface area (Å²) in [5.41, 5.74) is 3.68. The molecule has 2 aromatic rings. The van der Waals surface area contributed by atoms with Gasteiger partial charge in [0.1, 0.15) is 0 Å². The molecule has 1 heterocycles. The van der Waals surface area contributed by atoms with Gasteiger partial charge in [0.25, 0.3) is 0 Å². The number of nitrogens with zero attached hydrogens (tertiary/aromatic N) is 1. The summed E-state index contributed by atoms with van der Waals surface area (Å²) in [6.07, 6.45) is 2.55. The van der Waals surface area contributed by atoms with Crippen LogP contribution in [0.1, 0.15) is 41.7 Å². The van der Waals surface area contributed by atoms with Crippen molar-refractivity contribution in [3.63, 3.8) is 0 Å². The molecule has 142 valence electrons. The van der Waals surface area contributed by atoms with E-state index < -0.39 is 0 Å². The Morgan fingerprint density at radius 2 is 1.85 bits per heavy atom. The second-order valence-electron chi connectivity index (χ2n) is 6.68. The zero-order valence-electron chi connectivity index (χ0n) is 15.7. The maximum absolute atomic E-state index is 11.6. The summed E-state index contributed by atoms with van der Waals surface area (Å²) < 4.78 is 4.75. The normalized spacial score (nSPS) is 14.5. The molecule has 0 radical (unpaired) electrons. The molecule has 0 aromatic heterocycles. The number of carbonyl (C=O) groups is 1. The fraction of sp³-hybridized carbons (Fsp3) is 0.333. The maximum Gasteiger partial charge on any atom is 0.337 e. The van der Waals surface area contributed by atoms with Crippen LogP contribution < -0.4 is 15.5 Å². The molecule has 0 amide bonds. The minimum atomic E-state index is -0.371. The Labute approximate surface area is 165 Å². The standard InChI is InChI=1S/C21H25N3O2S/c1-15(16-8-10-19(11-9-16)24-12-3-4-13-24)22-21(27)23-18-7-5-6-17(14-18)20(25)26-2/h5-11,14-15H,3-4,12-13H2,1-2H3,(H2,22,23,27). The fourth-order valence-electron chi connectivity index (χ4n) is 3.24. The van der Waals surface area contributed by atoms with E-state index in [0.29, 0.717) is 10.7 Å². The zero-order valence-corrected chi connectivity index (χ0v) is 16.5. The number of rotatable bonds is 5. The van der Waals surface area contributed by atoms with Gasteiger partial charge in [-0.15, -0.1) is 0 Å². The summed E-state index contributed by atoms with van der Waals surface area (Å²) >= 11 is 5.42. The van der Waals surface area contributed by atoms with Crippen molar-refractivity contribution in [2.24, 2.45) is 0 Å². The van der Waals surface area contributed by atoms with Crippen LogP contribution in [-0.2, 0) is 4.74 Å². The number of nitrogens with one attached hydrogen (secondary N) is 2. The van der Waals surface area contributed by atoms with Crippen molar-refractivity contribution in [1.82, 2.24) is 5.32 Å². The lowest BCUT2D eigenvalue weighted by molar-refractivity contribution is 0.0601. The van der Waals surface area contributed by atoms with Gasteiger partial charge in [0.05, 0.1) is 18.7 Å². The first-order valence-corrected chi connectivity index (χ1v) is 9.58. The highest BCUT2D eigenvalue weighted by atomic mass is 32.1. The van der Waals surface area contributed by atoms with Gasteiger partial charge in [-0.05, 0) is 67.9 Å². The van der Waals surface area contributed by atoms with Crippen LogP contribution >= 0.6 is 12.2 Å². The molecule has 1 fully saturated rings. The molecule has 0 aliphatic carbocycles. The Balaban J connectivity index is 1.58. The van der Waals surface area contributed by atoms with E-state index in [1.807, 2.05) is 6.07 Å². The molecule has 1 unspecified atom stereocenters. The maximum atomic E-state index is 11.6. The zero-order chi connectivity index (χ0) is 19.2. The summed E-state index contributed by atoms with van der Waals surface area (Å²) in [4.78, 5) is 14.1. The minimum absolute atomic E-state index is 0.0708. The third-order valence-electron chi connectivity index (χ3n) is 4.75. The van der Waals surface area contributed by atoms with Crippen LogP contribution in [0, 0.1) is 0 Å². The Morgan fingerprint density at radius 1 is 1.15 bits per heavy atom. The average Bonchev–Trinajstić information content (AvgIpc) is 3.22. The van der Waals surface area contributed by atoms with Crippen molar-refractivity contribution in [3.05, 3.63) is 59.7 Å². The third kappa shape index (κ3) is 4.98. The fourth-order valence-corrected chi connectivity index (χ4v) is 3.53. The quantitative estimate of drug-likeness (QED) is 0.598. The molecule has 2 N–H and O–H groups in total. The lowest BCUT2D eigenvalue weighted by Gasteiger charge is -2.20. The topological polar surface area (TPSA) is 53.6 Å². The van der Waals surface area contributed by atoms with Crippen LogP contribution in [-0.4, -0.2) is 31.3 Å². The van der Waals surface area contributed by atoms with Crippen LogP contribution in [0.15, 0.2) is 48.5 Å². The summed E-state index contributed by atoms with van der Waals surface area (Å²) in [7, 11) is 1.37. The van der Waals surface area contributed by atoms with Gasteiger partial charge in [-0.1, -0.05) is 18.2 Å². The molecule has 3 rings (SSSR count). The van der Waals surface area contributed by atoms with Gasteiger partial charge in [0.15, 0.2) is 5.11 Å². The summed E-state index contributed by atoms with van der Waals surface area (Å²) in [5.74, 6) is -0.371. The molecule has 0 saturated carbocycles. The van der Waals surface area contributed by atoms with E-state index in [9.17, 15) is 4.79 Å². The van der Waals surface area contributed by atoms with Gasteiger partial charge >= 0.3 is 5.97 Å². The van der Waals surface area contributed by atoms with E-state index >= 15 is 0 Å². The predicted molar refractivity (Wildman–Crippen MR) is 113 cm³/mol. The van der Waals surface area contributed by atoms with E-state index in [4.69, 9.17) is 17.0 Å². The molecule has 0 spiro atoms. The van der Waals surface area contributed by atoms with Crippen molar-refractivity contribution >= 4 is 34.7 Å². The predicted octanol–water partition coefficient (Wildman–Crippen LogP) is 4.12. The number of esters is 1. The van der Waals surface area contributed by atoms with Crippen LogP contribution in [0.5, 0.6) is 0 Å². The molecule has 6 heteroatoms. The highest BCUT2D eigenvalue weighted by Crippen LogP contribution is 2.22. The van der Waals surface area contributed by atoms with E-state index in [0.717, 1.165) is 18.8 Å². The summed E-state index contributed by atoms with van der Waals surface area (Å²) in [6, 6.07) is 15.8. The van der Waals surface area contributed by atoms with E-state index in [1.54, 1.807) is 18.2 Å². The lowest BCUT2D eigenvalue weighted by atomic mass is 10.1. The molecular weight excluding hydrogens is 358 g/mol.